The summed E-state index contributed by atoms with van der Waals surface area (Å²) in [4.78, 5) is 19.0. The van der Waals surface area contributed by atoms with Gasteiger partial charge in [-0.05, 0) is 62.3 Å². The van der Waals surface area contributed by atoms with E-state index in [1.54, 1.807) is 42.6 Å². The van der Waals surface area contributed by atoms with Crippen molar-refractivity contribution in [2.75, 3.05) is 18.4 Å². The number of anilines is 1. The maximum absolute atomic E-state index is 13.1. The highest BCUT2D eigenvalue weighted by Gasteiger charge is 2.26. The van der Waals surface area contributed by atoms with Gasteiger partial charge in [0.1, 0.15) is 11.6 Å². The zero-order valence-corrected chi connectivity index (χ0v) is 15.8. The van der Waals surface area contributed by atoms with Crippen LogP contribution in [0.3, 0.4) is 0 Å². The minimum absolute atomic E-state index is 0.0686. The van der Waals surface area contributed by atoms with Crippen molar-refractivity contribution in [3.63, 3.8) is 0 Å². The molecule has 1 fully saturated rings. The molecule has 150 valence electrons. The Kier molecular flexibility index (Phi) is 5.57. The summed E-state index contributed by atoms with van der Waals surface area (Å²) >= 11 is 0. The standard InChI is InChI=1S/C22H22FN3O3/c23-17-7-5-15(6-8-17)20-13-24-21(29-20)14-26-11-9-16(10-12-26)22(28)25-18-3-1-2-4-19(18)27/h1-8,13,16,27H,9-12,14H2,(H,25,28). The normalized spacial score (nSPS) is 15.3. The van der Waals surface area contributed by atoms with E-state index in [9.17, 15) is 14.3 Å². The number of piperidine rings is 1. The molecule has 0 atom stereocenters. The van der Waals surface area contributed by atoms with Crippen LogP contribution in [0.4, 0.5) is 10.1 Å². The molecule has 1 aliphatic heterocycles. The molecular weight excluding hydrogens is 373 g/mol. The number of benzene rings is 2. The number of hydrogen-bond donors (Lipinski definition) is 2. The molecule has 1 amide bonds. The van der Waals surface area contributed by atoms with Gasteiger partial charge in [-0.25, -0.2) is 9.37 Å². The Labute approximate surface area is 168 Å². The Hall–Kier alpha value is -3.19. The molecule has 0 unspecified atom stereocenters. The van der Waals surface area contributed by atoms with Gasteiger partial charge < -0.3 is 14.8 Å². The van der Waals surface area contributed by atoms with E-state index in [1.165, 1.54) is 12.1 Å². The minimum Gasteiger partial charge on any atom is -0.506 e. The number of hydrogen-bond acceptors (Lipinski definition) is 5. The van der Waals surface area contributed by atoms with Crippen LogP contribution in [0.15, 0.2) is 59.1 Å². The predicted octanol–water partition coefficient (Wildman–Crippen LogP) is 4.04. The second-order valence-electron chi connectivity index (χ2n) is 7.18. The molecule has 3 aromatic rings. The van der Waals surface area contributed by atoms with Crippen molar-refractivity contribution in [2.24, 2.45) is 5.92 Å². The van der Waals surface area contributed by atoms with Crippen LogP contribution in [-0.4, -0.2) is 34.0 Å². The molecule has 2 heterocycles. The number of oxazole rings is 1. The molecule has 1 aromatic heterocycles. The molecule has 1 aliphatic rings. The summed E-state index contributed by atoms with van der Waals surface area (Å²) in [6.07, 6.45) is 3.10. The molecule has 2 aromatic carbocycles. The fraction of sp³-hybridized carbons (Fsp3) is 0.273. The number of nitrogens with one attached hydrogen (secondary N) is 1. The average Bonchev–Trinajstić information content (AvgIpc) is 3.19. The quantitative estimate of drug-likeness (QED) is 0.638. The van der Waals surface area contributed by atoms with E-state index >= 15 is 0 Å². The van der Waals surface area contributed by atoms with Crippen LogP contribution >= 0.6 is 0 Å². The van der Waals surface area contributed by atoms with Crippen LogP contribution in [0.5, 0.6) is 5.75 Å². The first-order chi connectivity index (χ1) is 14.1. The van der Waals surface area contributed by atoms with Gasteiger partial charge in [0.15, 0.2) is 5.76 Å². The molecule has 0 radical (unpaired) electrons. The van der Waals surface area contributed by atoms with Gasteiger partial charge in [-0.1, -0.05) is 12.1 Å². The topological polar surface area (TPSA) is 78.6 Å². The summed E-state index contributed by atoms with van der Waals surface area (Å²) in [5, 5.41) is 12.6. The van der Waals surface area contributed by atoms with Crippen molar-refractivity contribution in [1.29, 1.82) is 0 Å². The first kappa shape index (κ1) is 19.1. The van der Waals surface area contributed by atoms with Crippen molar-refractivity contribution in [3.8, 4) is 17.1 Å². The second kappa shape index (κ2) is 8.45. The maximum Gasteiger partial charge on any atom is 0.227 e. The summed E-state index contributed by atoms with van der Waals surface area (Å²) in [6, 6.07) is 12.8. The minimum atomic E-state index is -0.289. The molecular formula is C22H22FN3O3. The lowest BCUT2D eigenvalue weighted by Gasteiger charge is -2.30. The molecule has 0 spiro atoms. The molecule has 2 N–H and O–H groups in total. The molecule has 0 bridgehead atoms. The Morgan fingerprint density at radius 2 is 1.90 bits per heavy atom. The lowest BCUT2D eigenvalue weighted by molar-refractivity contribution is -0.121. The van der Waals surface area contributed by atoms with E-state index in [-0.39, 0.29) is 23.4 Å². The number of halogens is 1. The Morgan fingerprint density at radius 1 is 1.17 bits per heavy atom. The second-order valence-corrected chi connectivity index (χ2v) is 7.18. The number of likely N-dealkylation sites (tertiary alicyclic amines) is 1. The molecule has 6 nitrogen and oxygen atoms in total. The van der Waals surface area contributed by atoms with Gasteiger partial charge in [0, 0.05) is 11.5 Å². The van der Waals surface area contributed by atoms with Crippen LogP contribution in [0, 0.1) is 11.7 Å². The van der Waals surface area contributed by atoms with Gasteiger partial charge in [0.05, 0.1) is 18.4 Å². The Bertz CT molecular complexity index is 979. The van der Waals surface area contributed by atoms with E-state index in [1.807, 2.05) is 0 Å². The van der Waals surface area contributed by atoms with Crippen molar-refractivity contribution in [2.45, 2.75) is 19.4 Å². The van der Waals surface area contributed by atoms with Crippen LogP contribution in [0.2, 0.25) is 0 Å². The monoisotopic (exact) mass is 395 g/mol. The van der Waals surface area contributed by atoms with Crippen LogP contribution in [0.25, 0.3) is 11.3 Å². The zero-order valence-electron chi connectivity index (χ0n) is 15.8. The summed E-state index contributed by atoms with van der Waals surface area (Å²) in [6.45, 7) is 2.08. The van der Waals surface area contributed by atoms with Crippen molar-refractivity contribution < 1.29 is 18.7 Å². The first-order valence-electron chi connectivity index (χ1n) is 9.60. The first-order valence-corrected chi connectivity index (χ1v) is 9.60. The van der Waals surface area contributed by atoms with Crippen molar-refractivity contribution >= 4 is 11.6 Å². The number of nitrogens with zero attached hydrogens (tertiary/aromatic N) is 2. The third kappa shape index (κ3) is 4.63. The Morgan fingerprint density at radius 3 is 2.62 bits per heavy atom. The summed E-state index contributed by atoms with van der Waals surface area (Å²) in [5.74, 6) is 0.825. The van der Waals surface area contributed by atoms with Crippen LogP contribution in [-0.2, 0) is 11.3 Å². The van der Waals surface area contributed by atoms with Crippen molar-refractivity contribution in [3.05, 3.63) is 66.4 Å². The lowest BCUT2D eigenvalue weighted by Crippen LogP contribution is -2.37. The van der Waals surface area contributed by atoms with Crippen LogP contribution in [0.1, 0.15) is 18.7 Å². The molecule has 7 heteroatoms. The number of aromatic hydroxyl groups is 1. The van der Waals surface area contributed by atoms with Gasteiger partial charge in [-0.2, -0.15) is 0 Å². The van der Waals surface area contributed by atoms with Crippen LogP contribution < -0.4 is 5.32 Å². The lowest BCUT2D eigenvalue weighted by atomic mass is 9.96. The highest BCUT2D eigenvalue weighted by atomic mass is 19.1. The fourth-order valence-corrected chi connectivity index (χ4v) is 3.49. The van der Waals surface area contributed by atoms with Gasteiger partial charge in [0.25, 0.3) is 0 Å². The number of carbonyl (C=O) groups is 1. The number of aromatic nitrogens is 1. The molecule has 0 aliphatic carbocycles. The molecule has 4 rings (SSSR count). The SMILES string of the molecule is O=C(Nc1ccccc1O)C1CCN(Cc2ncc(-c3ccc(F)cc3)o2)CC1. The number of carbonyl (C=O) groups excluding carboxylic acids is 1. The van der Waals surface area contributed by atoms with E-state index in [2.05, 4.69) is 15.2 Å². The third-order valence-electron chi connectivity index (χ3n) is 5.16. The van der Waals surface area contributed by atoms with E-state index in [0.717, 1.165) is 31.5 Å². The summed E-state index contributed by atoms with van der Waals surface area (Å²) in [5.41, 5.74) is 1.22. The molecule has 0 saturated carbocycles. The zero-order chi connectivity index (χ0) is 20.2. The Balaban J connectivity index is 1.29. The van der Waals surface area contributed by atoms with E-state index in [4.69, 9.17) is 4.42 Å². The number of phenolic OH excluding ortho intramolecular Hbond substituents is 1. The summed E-state index contributed by atoms with van der Waals surface area (Å²) in [7, 11) is 0. The fourth-order valence-electron chi connectivity index (χ4n) is 3.49. The van der Waals surface area contributed by atoms with Crippen molar-refractivity contribution in [1.82, 2.24) is 9.88 Å². The maximum atomic E-state index is 13.1. The summed E-state index contributed by atoms with van der Waals surface area (Å²) < 4.78 is 18.8. The smallest absolute Gasteiger partial charge is 0.227 e. The van der Waals surface area contributed by atoms with E-state index in [0.29, 0.717) is 23.9 Å². The van der Waals surface area contributed by atoms with Gasteiger partial charge in [-0.3, -0.25) is 9.69 Å². The highest BCUT2D eigenvalue weighted by molar-refractivity contribution is 5.93. The van der Waals surface area contributed by atoms with Gasteiger partial charge >= 0.3 is 0 Å². The van der Waals surface area contributed by atoms with Gasteiger partial charge in [0.2, 0.25) is 11.8 Å². The number of rotatable bonds is 5. The third-order valence-corrected chi connectivity index (χ3v) is 5.16. The highest BCUT2D eigenvalue weighted by Crippen LogP contribution is 2.26. The number of phenols is 1. The largest absolute Gasteiger partial charge is 0.506 e. The predicted molar refractivity (Wildman–Crippen MR) is 107 cm³/mol. The average molecular weight is 395 g/mol. The number of para-hydroxylation sites is 2. The van der Waals surface area contributed by atoms with E-state index < -0.39 is 0 Å². The molecule has 1 saturated heterocycles. The molecule has 29 heavy (non-hydrogen) atoms. The van der Waals surface area contributed by atoms with Gasteiger partial charge in [-0.15, -0.1) is 0 Å². The number of amides is 1.